The molecule has 106 valence electrons. The van der Waals surface area contributed by atoms with Gasteiger partial charge in [-0.15, -0.1) is 0 Å². The Kier molecular flexibility index (Phi) is 2.78. The van der Waals surface area contributed by atoms with Gasteiger partial charge in [-0.3, -0.25) is 4.79 Å². The monoisotopic (exact) mass is 284 g/mol. The molecular formula is C14H12N4O3. The highest BCUT2D eigenvalue weighted by atomic mass is 16.5. The number of benzene rings is 1. The van der Waals surface area contributed by atoms with Crippen LogP contribution in [-0.4, -0.2) is 33.6 Å². The lowest BCUT2D eigenvalue weighted by molar-refractivity contribution is 0.192. The van der Waals surface area contributed by atoms with Gasteiger partial charge >= 0.3 is 0 Å². The van der Waals surface area contributed by atoms with E-state index in [1.54, 1.807) is 12.1 Å². The summed E-state index contributed by atoms with van der Waals surface area (Å²) in [6, 6.07) is 7.20. The van der Waals surface area contributed by atoms with Crippen LogP contribution < -0.4 is 5.56 Å². The van der Waals surface area contributed by atoms with Gasteiger partial charge in [-0.25, -0.2) is 5.10 Å². The number of nitrogens with zero attached hydrogens (tertiary/aromatic N) is 3. The molecule has 0 radical (unpaired) electrons. The molecule has 1 saturated heterocycles. The van der Waals surface area contributed by atoms with Crippen molar-refractivity contribution in [3.05, 3.63) is 40.4 Å². The number of ether oxygens (including phenoxy) is 1. The quantitative estimate of drug-likeness (QED) is 0.766. The molecule has 0 aliphatic carbocycles. The normalized spacial score (nSPS) is 18.4. The second kappa shape index (κ2) is 4.78. The third kappa shape index (κ3) is 2.02. The Bertz CT molecular complexity index is 849. The van der Waals surface area contributed by atoms with Gasteiger partial charge in [0.2, 0.25) is 0 Å². The molecule has 0 amide bonds. The number of aromatic amines is 1. The molecule has 3 aromatic rings. The molecule has 2 aromatic heterocycles. The number of fused-ring (bicyclic) bond motifs is 1. The average molecular weight is 284 g/mol. The van der Waals surface area contributed by atoms with Crippen LogP contribution in [0, 0.1) is 0 Å². The largest absolute Gasteiger partial charge is 0.381 e. The smallest absolute Gasteiger partial charge is 0.279 e. The van der Waals surface area contributed by atoms with Crippen molar-refractivity contribution in [1.82, 2.24) is 20.3 Å². The number of aromatic nitrogens is 4. The Balaban J connectivity index is 1.83. The van der Waals surface area contributed by atoms with Gasteiger partial charge in [0.1, 0.15) is 0 Å². The Labute approximate surface area is 118 Å². The highest BCUT2D eigenvalue weighted by Gasteiger charge is 2.24. The van der Waals surface area contributed by atoms with Crippen LogP contribution in [0.1, 0.15) is 18.2 Å². The lowest BCUT2D eigenvalue weighted by Gasteiger charge is -2.00. The summed E-state index contributed by atoms with van der Waals surface area (Å²) in [6.07, 6.45) is 0.888. The van der Waals surface area contributed by atoms with Crippen LogP contribution in [0.25, 0.3) is 22.4 Å². The molecule has 1 fully saturated rings. The summed E-state index contributed by atoms with van der Waals surface area (Å²) in [5, 5.41) is 11.8. The second-order valence-corrected chi connectivity index (χ2v) is 4.97. The summed E-state index contributed by atoms with van der Waals surface area (Å²) in [7, 11) is 0. The first-order valence-electron chi connectivity index (χ1n) is 6.72. The lowest BCUT2D eigenvalue weighted by Crippen LogP contribution is -2.09. The summed E-state index contributed by atoms with van der Waals surface area (Å²) < 4.78 is 10.6. The molecule has 1 N–H and O–H groups in total. The molecule has 0 saturated carbocycles. The number of hydrogen-bond acceptors (Lipinski definition) is 6. The van der Waals surface area contributed by atoms with Crippen molar-refractivity contribution in [2.45, 2.75) is 12.3 Å². The second-order valence-electron chi connectivity index (χ2n) is 4.97. The fourth-order valence-corrected chi connectivity index (χ4v) is 2.51. The van der Waals surface area contributed by atoms with Crippen molar-refractivity contribution >= 4 is 10.8 Å². The first-order valence-corrected chi connectivity index (χ1v) is 6.72. The summed E-state index contributed by atoms with van der Waals surface area (Å²) in [5.41, 5.74) is 0.251. The van der Waals surface area contributed by atoms with E-state index in [0.29, 0.717) is 41.4 Å². The summed E-state index contributed by atoms with van der Waals surface area (Å²) in [6.45, 7) is 1.33. The van der Waals surface area contributed by atoms with Gasteiger partial charge in [-0.2, -0.15) is 10.1 Å². The lowest BCUT2D eigenvalue weighted by atomic mass is 10.1. The van der Waals surface area contributed by atoms with Gasteiger partial charge in [0.05, 0.1) is 12.0 Å². The first-order chi connectivity index (χ1) is 10.3. The maximum atomic E-state index is 11.8. The summed E-state index contributed by atoms with van der Waals surface area (Å²) in [5.74, 6) is 1.10. The topological polar surface area (TPSA) is 93.9 Å². The number of nitrogens with one attached hydrogen (secondary N) is 1. The molecule has 0 bridgehead atoms. The van der Waals surface area contributed by atoms with Crippen LogP contribution in [0.5, 0.6) is 0 Å². The van der Waals surface area contributed by atoms with Crippen molar-refractivity contribution in [3.8, 4) is 11.6 Å². The number of H-pyrrole nitrogens is 1. The predicted octanol–water partition coefficient (Wildman–Crippen LogP) is 1.48. The minimum Gasteiger partial charge on any atom is -0.381 e. The van der Waals surface area contributed by atoms with E-state index in [0.717, 1.165) is 6.42 Å². The van der Waals surface area contributed by atoms with Crippen molar-refractivity contribution in [2.75, 3.05) is 13.2 Å². The van der Waals surface area contributed by atoms with Gasteiger partial charge in [0, 0.05) is 17.9 Å². The van der Waals surface area contributed by atoms with E-state index < -0.39 is 0 Å². The van der Waals surface area contributed by atoms with Crippen LogP contribution >= 0.6 is 0 Å². The van der Waals surface area contributed by atoms with Gasteiger partial charge in [-0.1, -0.05) is 23.4 Å². The van der Waals surface area contributed by atoms with Crippen molar-refractivity contribution in [3.63, 3.8) is 0 Å². The maximum Gasteiger partial charge on any atom is 0.279 e. The Morgan fingerprint density at radius 1 is 1.24 bits per heavy atom. The average Bonchev–Trinajstić information content (AvgIpc) is 3.19. The maximum absolute atomic E-state index is 11.8. The van der Waals surface area contributed by atoms with E-state index in [1.807, 2.05) is 12.1 Å². The van der Waals surface area contributed by atoms with Crippen molar-refractivity contribution in [1.29, 1.82) is 0 Å². The highest BCUT2D eigenvalue weighted by Crippen LogP contribution is 2.27. The fourth-order valence-electron chi connectivity index (χ4n) is 2.51. The zero-order valence-electron chi connectivity index (χ0n) is 11.1. The van der Waals surface area contributed by atoms with E-state index in [-0.39, 0.29) is 11.5 Å². The molecule has 1 aliphatic rings. The molecule has 1 aliphatic heterocycles. The van der Waals surface area contributed by atoms with Crippen molar-refractivity contribution in [2.24, 2.45) is 0 Å². The van der Waals surface area contributed by atoms with E-state index in [1.165, 1.54) is 0 Å². The van der Waals surface area contributed by atoms with Crippen molar-refractivity contribution < 1.29 is 9.26 Å². The van der Waals surface area contributed by atoms with Crippen LogP contribution in [0.15, 0.2) is 33.6 Å². The van der Waals surface area contributed by atoms with Gasteiger partial charge in [-0.05, 0) is 12.5 Å². The highest BCUT2D eigenvalue weighted by molar-refractivity contribution is 5.91. The van der Waals surface area contributed by atoms with E-state index in [4.69, 9.17) is 9.26 Å². The molecule has 0 spiro atoms. The molecule has 7 nitrogen and oxygen atoms in total. The van der Waals surface area contributed by atoms with Crippen LogP contribution in [0.3, 0.4) is 0 Å². The molecule has 1 atom stereocenters. The molecule has 1 aromatic carbocycles. The number of rotatable bonds is 2. The third-order valence-corrected chi connectivity index (χ3v) is 3.64. The van der Waals surface area contributed by atoms with E-state index in [2.05, 4.69) is 20.3 Å². The molecule has 7 heteroatoms. The Morgan fingerprint density at radius 3 is 2.90 bits per heavy atom. The molecular weight excluding hydrogens is 272 g/mol. The molecule has 21 heavy (non-hydrogen) atoms. The number of hydrogen-bond donors (Lipinski definition) is 1. The first kappa shape index (κ1) is 12.2. The van der Waals surface area contributed by atoms with E-state index in [9.17, 15) is 4.79 Å². The molecule has 0 unspecified atom stereocenters. The van der Waals surface area contributed by atoms with E-state index >= 15 is 0 Å². The fraction of sp³-hybridized carbons (Fsp3) is 0.286. The van der Waals surface area contributed by atoms with Gasteiger partial charge in [0.15, 0.2) is 11.5 Å². The predicted molar refractivity (Wildman–Crippen MR) is 73.8 cm³/mol. The molecule has 4 rings (SSSR count). The van der Waals surface area contributed by atoms with Crippen LogP contribution in [-0.2, 0) is 4.74 Å². The zero-order chi connectivity index (χ0) is 14.2. The molecule has 3 heterocycles. The van der Waals surface area contributed by atoms with Gasteiger partial charge in [0.25, 0.3) is 11.4 Å². The Hall–Kier alpha value is -2.54. The standard InChI is InChI=1S/C14H12N4O3/c19-13-10-4-2-1-3-9(10)11(16-17-13)14-15-12(18-21-14)8-5-6-20-7-8/h1-4,8H,5-7H2,(H,17,19)/t8-/m0/s1. The minimum atomic E-state index is -0.238. The Morgan fingerprint density at radius 2 is 2.10 bits per heavy atom. The third-order valence-electron chi connectivity index (χ3n) is 3.64. The minimum absolute atomic E-state index is 0.163. The summed E-state index contributed by atoms with van der Waals surface area (Å²) >= 11 is 0. The van der Waals surface area contributed by atoms with Crippen LogP contribution in [0.2, 0.25) is 0 Å². The summed E-state index contributed by atoms with van der Waals surface area (Å²) in [4.78, 5) is 16.2. The van der Waals surface area contributed by atoms with Crippen LogP contribution in [0.4, 0.5) is 0 Å². The SMILES string of the molecule is O=c1[nH]nc(-c2nc([C@H]3CCOC3)no2)c2ccccc12. The van der Waals surface area contributed by atoms with Gasteiger partial charge < -0.3 is 9.26 Å². The zero-order valence-corrected chi connectivity index (χ0v) is 11.1.